The van der Waals surface area contributed by atoms with Gasteiger partial charge in [0.05, 0.1) is 6.42 Å². The molecule has 96 valence electrons. The molecule has 0 aliphatic rings. The molecule has 0 saturated carbocycles. The fourth-order valence-corrected chi connectivity index (χ4v) is 1.32. The minimum absolute atomic E-state index is 0.117. The van der Waals surface area contributed by atoms with Crippen LogP contribution in [0.15, 0.2) is 35.4 Å². The largest absolute Gasteiger partial charge is 0.350 e. The molecule has 0 heterocycles. The first-order valence-electron chi connectivity index (χ1n) is 5.41. The molecule has 1 aromatic rings. The normalized spacial score (nSPS) is 10.9. The van der Waals surface area contributed by atoms with Gasteiger partial charge in [0, 0.05) is 18.4 Å². The first-order chi connectivity index (χ1) is 8.50. The lowest BCUT2D eigenvalue weighted by atomic mass is 10.2. The number of carbonyl (C=O) groups excluding carboxylic acids is 2. The molecule has 3 amide bonds. The number of nitrogens with two attached hydrogens (primary N) is 1. The fraction of sp³-hybridized carbons (Fsp3) is 0.250. The molecule has 0 aromatic heterocycles. The van der Waals surface area contributed by atoms with Gasteiger partial charge in [-0.25, -0.2) is 10.2 Å². The third kappa shape index (κ3) is 4.25. The zero-order valence-electron chi connectivity index (χ0n) is 10.4. The van der Waals surface area contributed by atoms with Gasteiger partial charge in [-0.3, -0.25) is 4.79 Å². The average molecular weight is 248 g/mol. The van der Waals surface area contributed by atoms with E-state index in [0.29, 0.717) is 5.71 Å². The molecule has 6 heteroatoms. The van der Waals surface area contributed by atoms with E-state index < -0.39 is 6.03 Å². The van der Waals surface area contributed by atoms with Crippen molar-refractivity contribution in [2.24, 2.45) is 10.8 Å². The third-order valence-electron chi connectivity index (χ3n) is 2.28. The predicted molar refractivity (Wildman–Crippen MR) is 70.3 cm³/mol. The number of amides is 3. The molecule has 1 rings (SSSR count). The lowest BCUT2D eigenvalue weighted by Crippen LogP contribution is -2.29. The number of hydrogen-bond donors (Lipinski definition) is 2. The van der Waals surface area contributed by atoms with E-state index in [-0.39, 0.29) is 12.3 Å². The lowest BCUT2D eigenvalue weighted by molar-refractivity contribution is -0.117. The molecule has 6 nitrogen and oxygen atoms in total. The van der Waals surface area contributed by atoms with Crippen molar-refractivity contribution in [3.63, 3.8) is 0 Å². The molecular formula is C12H16N4O2. The quantitative estimate of drug-likeness (QED) is 0.617. The summed E-state index contributed by atoms with van der Waals surface area (Å²) in [5, 5.41) is 3.68. The highest BCUT2D eigenvalue weighted by molar-refractivity contribution is 6.06. The average Bonchev–Trinajstić information content (AvgIpc) is 2.36. The Bertz CT molecular complexity index is 456. The summed E-state index contributed by atoms with van der Waals surface area (Å²) in [5.41, 5.74) is 8.25. The smallest absolute Gasteiger partial charge is 0.332 e. The first kappa shape index (κ1) is 13.7. The van der Waals surface area contributed by atoms with E-state index in [2.05, 4.69) is 10.5 Å². The number of anilines is 1. The molecule has 0 spiro atoms. The van der Waals surface area contributed by atoms with E-state index >= 15 is 0 Å². The van der Waals surface area contributed by atoms with E-state index in [0.717, 1.165) is 5.69 Å². The highest BCUT2D eigenvalue weighted by Crippen LogP contribution is 2.12. The number of hydrogen-bond acceptors (Lipinski definition) is 3. The van der Waals surface area contributed by atoms with Gasteiger partial charge in [0.2, 0.25) is 5.91 Å². The van der Waals surface area contributed by atoms with Crippen molar-refractivity contribution in [3.05, 3.63) is 30.3 Å². The highest BCUT2D eigenvalue weighted by Gasteiger charge is 2.11. The molecule has 18 heavy (non-hydrogen) atoms. The Labute approximate surface area is 105 Å². The molecule has 0 saturated heterocycles. The van der Waals surface area contributed by atoms with Gasteiger partial charge >= 0.3 is 6.03 Å². The van der Waals surface area contributed by atoms with Crippen LogP contribution in [0.3, 0.4) is 0 Å². The van der Waals surface area contributed by atoms with Crippen LogP contribution in [0, 0.1) is 0 Å². The van der Waals surface area contributed by atoms with Crippen LogP contribution in [0.5, 0.6) is 0 Å². The Kier molecular flexibility index (Phi) is 4.86. The molecule has 0 aliphatic heterocycles. The maximum atomic E-state index is 11.9. The van der Waals surface area contributed by atoms with Crippen molar-refractivity contribution in [1.29, 1.82) is 0 Å². The number of benzene rings is 1. The van der Waals surface area contributed by atoms with Crippen LogP contribution in [0.25, 0.3) is 0 Å². The van der Waals surface area contributed by atoms with Crippen molar-refractivity contribution in [3.8, 4) is 0 Å². The Morgan fingerprint density at radius 1 is 1.33 bits per heavy atom. The van der Waals surface area contributed by atoms with Gasteiger partial charge in [0.25, 0.3) is 0 Å². The molecule has 0 radical (unpaired) electrons. The van der Waals surface area contributed by atoms with Crippen molar-refractivity contribution in [1.82, 2.24) is 5.43 Å². The van der Waals surface area contributed by atoms with Gasteiger partial charge in [0.15, 0.2) is 0 Å². The Balaban J connectivity index is 2.60. The standard InChI is InChI=1S/C12H16N4O2/c1-9(14-15-12(13)18)8-11(17)16(2)10-6-4-3-5-7-10/h3-7H,8H2,1-2H3,(H3,13,15,18). The summed E-state index contributed by atoms with van der Waals surface area (Å²) in [6.07, 6.45) is 0.117. The second-order valence-corrected chi connectivity index (χ2v) is 3.79. The Hall–Kier alpha value is -2.37. The zero-order valence-corrected chi connectivity index (χ0v) is 10.4. The van der Waals surface area contributed by atoms with Crippen LogP contribution >= 0.6 is 0 Å². The van der Waals surface area contributed by atoms with E-state index in [1.165, 1.54) is 4.90 Å². The fourth-order valence-electron chi connectivity index (χ4n) is 1.32. The van der Waals surface area contributed by atoms with Gasteiger partial charge in [-0.1, -0.05) is 18.2 Å². The van der Waals surface area contributed by atoms with Gasteiger partial charge in [-0.2, -0.15) is 5.10 Å². The summed E-state index contributed by atoms with van der Waals surface area (Å²) in [4.78, 5) is 23.9. The molecule has 0 unspecified atom stereocenters. The number of carbonyl (C=O) groups is 2. The van der Waals surface area contributed by atoms with Crippen LogP contribution in [0.2, 0.25) is 0 Å². The van der Waals surface area contributed by atoms with E-state index in [4.69, 9.17) is 5.73 Å². The van der Waals surface area contributed by atoms with Crippen LogP contribution in [-0.2, 0) is 4.79 Å². The number of nitrogens with one attached hydrogen (secondary N) is 1. The Morgan fingerprint density at radius 3 is 2.50 bits per heavy atom. The van der Waals surface area contributed by atoms with Gasteiger partial charge in [0.1, 0.15) is 0 Å². The van der Waals surface area contributed by atoms with Crippen LogP contribution in [-0.4, -0.2) is 24.7 Å². The summed E-state index contributed by atoms with van der Waals surface area (Å²) in [6.45, 7) is 1.65. The topological polar surface area (TPSA) is 87.8 Å². The molecule has 0 aliphatic carbocycles. The second kappa shape index (κ2) is 6.39. The van der Waals surface area contributed by atoms with Crippen LogP contribution < -0.4 is 16.1 Å². The maximum absolute atomic E-state index is 11.9. The van der Waals surface area contributed by atoms with E-state index in [1.807, 2.05) is 30.3 Å². The number of primary amides is 1. The lowest BCUT2D eigenvalue weighted by Gasteiger charge is -2.16. The molecular weight excluding hydrogens is 232 g/mol. The minimum Gasteiger partial charge on any atom is -0.350 e. The summed E-state index contributed by atoms with van der Waals surface area (Å²) >= 11 is 0. The third-order valence-corrected chi connectivity index (χ3v) is 2.28. The van der Waals surface area contributed by atoms with E-state index in [9.17, 15) is 9.59 Å². The number of hydrazone groups is 1. The number of para-hydroxylation sites is 1. The monoisotopic (exact) mass is 248 g/mol. The second-order valence-electron chi connectivity index (χ2n) is 3.79. The molecule has 0 fully saturated rings. The van der Waals surface area contributed by atoms with Gasteiger partial charge in [-0.05, 0) is 19.1 Å². The summed E-state index contributed by atoms with van der Waals surface area (Å²) in [5.74, 6) is -0.117. The number of urea groups is 1. The summed E-state index contributed by atoms with van der Waals surface area (Å²) < 4.78 is 0. The molecule has 1 aromatic carbocycles. The van der Waals surface area contributed by atoms with Gasteiger partial charge in [-0.15, -0.1) is 0 Å². The summed E-state index contributed by atoms with van der Waals surface area (Å²) in [7, 11) is 1.69. The van der Waals surface area contributed by atoms with Crippen molar-refractivity contribution in [2.45, 2.75) is 13.3 Å². The number of rotatable bonds is 4. The minimum atomic E-state index is -0.752. The molecule has 0 atom stereocenters. The van der Waals surface area contributed by atoms with Gasteiger partial charge < -0.3 is 10.6 Å². The SMILES string of the molecule is CC(CC(=O)N(C)c1ccccc1)=NNC(N)=O. The highest BCUT2D eigenvalue weighted by atomic mass is 16.2. The predicted octanol–water partition coefficient (Wildman–Crippen LogP) is 1.08. The van der Waals surface area contributed by atoms with Crippen LogP contribution in [0.1, 0.15) is 13.3 Å². The van der Waals surface area contributed by atoms with Crippen molar-refractivity contribution in [2.75, 3.05) is 11.9 Å². The van der Waals surface area contributed by atoms with E-state index in [1.54, 1.807) is 14.0 Å². The maximum Gasteiger partial charge on any atom is 0.332 e. The van der Waals surface area contributed by atoms with Crippen molar-refractivity contribution < 1.29 is 9.59 Å². The Morgan fingerprint density at radius 2 is 1.94 bits per heavy atom. The molecule has 0 bridgehead atoms. The van der Waals surface area contributed by atoms with Crippen LogP contribution in [0.4, 0.5) is 10.5 Å². The number of nitrogens with zero attached hydrogens (tertiary/aromatic N) is 2. The first-order valence-corrected chi connectivity index (χ1v) is 5.41. The zero-order chi connectivity index (χ0) is 13.5. The summed E-state index contributed by atoms with van der Waals surface area (Å²) in [6, 6.07) is 8.52. The molecule has 3 N–H and O–H groups in total. The van der Waals surface area contributed by atoms with Crippen molar-refractivity contribution >= 4 is 23.3 Å².